The summed E-state index contributed by atoms with van der Waals surface area (Å²) in [4.78, 5) is 0. The summed E-state index contributed by atoms with van der Waals surface area (Å²) in [5.41, 5.74) is 0.832. The van der Waals surface area contributed by atoms with Crippen LogP contribution in [0.5, 0.6) is 11.5 Å². The molecule has 2 aromatic carbocycles. The normalized spacial score (nSPS) is 13.5. The molecular weight excluding hydrogens is 311 g/mol. The Kier molecular flexibility index (Phi) is 5.29. The van der Waals surface area contributed by atoms with Gasteiger partial charge >= 0.3 is 7.60 Å². The largest absolute Gasteiger partial charge is 0.497 e. The van der Waals surface area contributed by atoms with Crippen LogP contribution in [0.4, 0.5) is 0 Å². The first-order chi connectivity index (χ1) is 10.0. The first kappa shape index (κ1) is 15.9. The lowest BCUT2D eigenvalue weighted by molar-refractivity contribution is 0.320. The summed E-state index contributed by atoms with van der Waals surface area (Å²) in [5.74, 6) is 1.17. The fourth-order valence-corrected chi connectivity index (χ4v) is 3.24. The molecule has 4 nitrogen and oxygen atoms in total. The van der Waals surface area contributed by atoms with E-state index in [0.717, 1.165) is 5.56 Å². The van der Waals surface area contributed by atoms with Crippen molar-refractivity contribution in [2.45, 2.75) is 6.16 Å². The van der Waals surface area contributed by atoms with E-state index in [4.69, 9.17) is 25.4 Å². The number of hydrogen-bond acceptors (Lipinski definition) is 4. The molecule has 1 atom stereocenters. The van der Waals surface area contributed by atoms with Gasteiger partial charge in [0.1, 0.15) is 11.5 Å². The zero-order valence-corrected chi connectivity index (χ0v) is 13.4. The van der Waals surface area contributed by atoms with E-state index < -0.39 is 7.60 Å². The number of halogens is 1. The van der Waals surface area contributed by atoms with Crippen molar-refractivity contribution in [1.82, 2.24) is 0 Å². The highest BCUT2D eigenvalue weighted by Crippen LogP contribution is 2.50. The Morgan fingerprint density at radius 3 is 2.05 bits per heavy atom. The third-order valence-corrected chi connectivity index (χ3v) is 4.92. The summed E-state index contributed by atoms with van der Waals surface area (Å²) in [6.07, 6.45) is 0.173. The standard InChI is InChI=1S/C15H16ClO4P/c1-18-14-7-9-15(10-8-14)20-21(17,19-2)11-12-3-5-13(16)6-4-12/h3-10H,11H2,1-2H3. The Morgan fingerprint density at radius 1 is 0.952 bits per heavy atom. The van der Waals surface area contributed by atoms with Gasteiger partial charge < -0.3 is 13.8 Å². The van der Waals surface area contributed by atoms with E-state index in [9.17, 15) is 4.57 Å². The van der Waals surface area contributed by atoms with Crippen LogP contribution in [0.1, 0.15) is 5.56 Å². The molecule has 112 valence electrons. The van der Waals surface area contributed by atoms with Gasteiger partial charge in [-0.1, -0.05) is 23.7 Å². The average Bonchev–Trinajstić information content (AvgIpc) is 2.50. The molecule has 0 aliphatic carbocycles. The Labute approximate surface area is 129 Å². The van der Waals surface area contributed by atoms with Gasteiger partial charge in [0.05, 0.1) is 13.3 Å². The molecular formula is C15H16ClO4P. The topological polar surface area (TPSA) is 44.8 Å². The minimum absolute atomic E-state index is 0.173. The lowest BCUT2D eigenvalue weighted by Crippen LogP contribution is -1.99. The molecule has 0 saturated heterocycles. The third-order valence-electron chi connectivity index (χ3n) is 2.87. The van der Waals surface area contributed by atoms with Gasteiger partial charge in [-0.15, -0.1) is 0 Å². The van der Waals surface area contributed by atoms with Gasteiger partial charge in [0.25, 0.3) is 0 Å². The number of rotatable bonds is 6. The van der Waals surface area contributed by atoms with E-state index >= 15 is 0 Å². The highest BCUT2D eigenvalue weighted by atomic mass is 35.5. The summed E-state index contributed by atoms with van der Waals surface area (Å²) >= 11 is 5.83. The second-order valence-corrected chi connectivity index (χ2v) is 6.87. The Bertz CT molecular complexity index is 625. The highest BCUT2D eigenvalue weighted by Gasteiger charge is 2.25. The van der Waals surface area contributed by atoms with E-state index in [1.165, 1.54) is 7.11 Å². The number of methoxy groups -OCH3 is 1. The number of benzene rings is 2. The molecule has 2 aromatic rings. The Hall–Kier alpha value is -1.48. The second kappa shape index (κ2) is 6.99. The maximum Gasteiger partial charge on any atom is 0.383 e. The minimum Gasteiger partial charge on any atom is -0.497 e. The molecule has 0 spiro atoms. The van der Waals surface area contributed by atoms with Gasteiger partial charge in [-0.05, 0) is 42.0 Å². The first-order valence-electron chi connectivity index (χ1n) is 6.27. The highest BCUT2D eigenvalue weighted by molar-refractivity contribution is 7.53. The first-order valence-corrected chi connectivity index (χ1v) is 8.38. The van der Waals surface area contributed by atoms with Crippen molar-refractivity contribution in [3.8, 4) is 11.5 Å². The lowest BCUT2D eigenvalue weighted by atomic mass is 10.2. The van der Waals surface area contributed by atoms with Crippen molar-refractivity contribution >= 4 is 19.2 Å². The van der Waals surface area contributed by atoms with Crippen molar-refractivity contribution in [3.05, 3.63) is 59.1 Å². The number of hydrogen-bond donors (Lipinski definition) is 0. The van der Waals surface area contributed by atoms with Crippen LogP contribution in [0.15, 0.2) is 48.5 Å². The van der Waals surface area contributed by atoms with E-state index in [0.29, 0.717) is 16.5 Å². The predicted octanol–water partition coefficient (Wildman–Crippen LogP) is 4.77. The van der Waals surface area contributed by atoms with E-state index in [1.54, 1.807) is 55.6 Å². The summed E-state index contributed by atoms with van der Waals surface area (Å²) in [6, 6.07) is 13.9. The smallest absolute Gasteiger partial charge is 0.383 e. The maximum absolute atomic E-state index is 12.7. The lowest BCUT2D eigenvalue weighted by Gasteiger charge is -2.17. The third kappa shape index (κ3) is 4.50. The molecule has 0 bridgehead atoms. The quantitative estimate of drug-likeness (QED) is 0.717. The molecule has 0 aliphatic rings. The van der Waals surface area contributed by atoms with E-state index in [1.807, 2.05) is 0 Å². The Balaban J connectivity index is 2.12. The molecule has 0 N–H and O–H groups in total. The van der Waals surface area contributed by atoms with Crippen LogP contribution < -0.4 is 9.26 Å². The summed E-state index contributed by atoms with van der Waals surface area (Å²) in [6.45, 7) is 0. The van der Waals surface area contributed by atoms with Gasteiger partial charge in [-0.3, -0.25) is 0 Å². The van der Waals surface area contributed by atoms with Crippen LogP contribution in [0.2, 0.25) is 5.02 Å². The zero-order chi connectivity index (χ0) is 15.3. The summed E-state index contributed by atoms with van der Waals surface area (Å²) < 4.78 is 28.3. The van der Waals surface area contributed by atoms with Gasteiger partial charge in [0.15, 0.2) is 0 Å². The second-order valence-electron chi connectivity index (χ2n) is 4.34. The van der Waals surface area contributed by atoms with Crippen LogP contribution in [-0.4, -0.2) is 14.2 Å². The van der Waals surface area contributed by atoms with Crippen molar-refractivity contribution in [1.29, 1.82) is 0 Å². The molecule has 0 aliphatic heterocycles. The van der Waals surface area contributed by atoms with Gasteiger partial charge in [-0.25, -0.2) is 4.57 Å². The number of ether oxygens (including phenoxy) is 1. The molecule has 6 heteroatoms. The SMILES string of the molecule is COc1ccc(OP(=O)(Cc2ccc(Cl)cc2)OC)cc1. The minimum atomic E-state index is -3.27. The van der Waals surface area contributed by atoms with Crippen molar-refractivity contribution in [3.63, 3.8) is 0 Å². The predicted molar refractivity (Wildman–Crippen MR) is 83.4 cm³/mol. The molecule has 0 heterocycles. The van der Waals surface area contributed by atoms with Crippen molar-refractivity contribution < 1.29 is 18.3 Å². The molecule has 0 saturated carbocycles. The average molecular weight is 327 g/mol. The van der Waals surface area contributed by atoms with Crippen LogP contribution in [0.3, 0.4) is 0 Å². The summed E-state index contributed by atoms with van der Waals surface area (Å²) in [7, 11) is -0.312. The molecule has 0 radical (unpaired) electrons. The van der Waals surface area contributed by atoms with Gasteiger partial charge in [0, 0.05) is 12.1 Å². The van der Waals surface area contributed by atoms with Crippen molar-refractivity contribution in [2.75, 3.05) is 14.2 Å². The van der Waals surface area contributed by atoms with Crippen LogP contribution in [0, 0.1) is 0 Å². The monoisotopic (exact) mass is 326 g/mol. The maximum atomic E-state index is 12.7. The molecule has 21 heavy (non-hydrogen) atoms. The van der Waals surface area contributed by atoms with Gasteiger partial charge in [-0.2, -0.15) is 0 Å². The van der Waals surface area contributed by atoms with Gasteiger partial charge in [0.2, 0.25) is 0 Å². The van der Waals surface area contributed by atoms with Crippen LogP contribution in [-0.2, 0) is 15.3 Å². The fourth-order valence-electron chi connectivity index (χ4n) is 1.74. The molecule has 0 aromatic heterocycles. The molecule has 0 fully saturated rings. The fraction of sp³-hybridized carbons (Fsp3) is 0.200. The van der Waals surface area contributed by atoms with E-state index in [-0.39, 0.29) is 6.16 Å². The van der Waals surface area contributed by atoms with E-state index in [2.05, 4.69) is 0 Å². The van der Waals surface area contributed by atoms with Crippen LogP contribution >= 0.6 is 19.2 Å². The molecule has 1 unspecified atom stereocenters. The molecule has 2 rings (SSSR count). The van der Waals surface area contributed by atoms with Crippen molar-refractivity contribution in [2.24, 2.45) is 0 Å². The zero-order valence-electron chi connectivity index (χ0n) is 11.8. The molecule has 0 amide bonds. The van der Waals surface area contributed by atoms with Crippen LogP contribution in [0.25, 0.3) is 0 Å². The Morgan fingerprint density at radius 2 is 1.52 bits per heavy atom. The summed E-state index contributed by atoms with van der Waals surface area (Å²) in [5, 5.41) is 0.627.